The number of hydrogen-bond donors (Lipinski definition) is 1. The van der Waals surface area contributed by atoms with Crippen molar-refractivity contribution < 1.29 is 13.9 Å². The van der Waals surface area contributed by atoms with Crippen molar-refractivity contribution in [3.8, 4) is 0 Å². The molecule has 0 aromatic heterocycles. The lowest BCUT2D eigenvalue weighted by atomic mass is 10.0. The summed E-state index contributed by atoms with van der Waals surface area (Å²) < 4.78 is 27.1. The minimum Gasteiger partial charge on any atom is -0.383 e. The van der Waals surface area contributed by atoms with E-state index in [0.29, 0.717) is 10.6 Å². The number of hydrogen-bond acceptors (Lipinski definition) is 1. The average molecular weight is 334 g/mol. The van der Waals surface area contributed by atoms with E-state index in [1.54, 1.807) is 24.3 Å². The maximum Gasteiger partial charge on any atom is 0.137 e. The van der Waals surface area contributed by atoms with E-state index in [4.69, 9.17) is 11.6 Å². The van der Waals surface area contributed by atoms with Crippen LogP contribution in [0.5, 0.6) is 0 Å². The van der Waals surface area contributed by atoms with Crippen molar-refractivity contribution in [3.05, 3.63) is 68.7 Å². The lowest BCUT2D eigenvalue weighted by Crippen LogP contribution is -2.04. The highest BCUT2D eigenvalue weighted by molar-refractivity contribution is 9.10. The predicted octanol–water partition coefficient (Wildman–Crippen LogP) is 4.46. The summed E-state index contributed by atoms with van der Waals surface area (Å²) in [5.41, 5.74) is 0.184. The molecule has 0 radical (unpaired) electrons. The van der Waals surface area contributed by atoms with Crippen LogP contribution in [0.1, 0.15) is 17.2 Å². The molecule has 1 atom stereocenters. The maximum atomic E-state index is 13.7. The molecule has 0 heterocycles. The van der Waals surface area contributed by atoms with Gasteiger partial charge >= 0.3 is 0 Å². The zero-order valence-corrected chi connectivity index (χ0v) is 11.3. The van der Waals surface area contributed by atoms with Crippen LogP contribution in [0.25, 0.3) is 0 Å². The molecule has 0 fully saturated rings. The fourth-order valence-electron chi connectivity index (χ4n) is 1.61. The van der Waals surface area contributed by atoms with E-state index < -0.39 is 17.7 Å². The average Bonchev–Trinajstić information content (AvgIpc) is 2.33. The first kappa shape index (κ1) is 13.5. The highest BCUT2D eigenvalue weighted by atomic mass is 79.9. The van der Waals surface area contributed by atoms with E-state index in [1.165, 1.54) is 0 Å². The van der Waals surface area contributed by atoms with Gasteiger partial charge in [0.2, 0.25) is 0 Å². The molecule has 2 aromatic carbocycles. The molecule has 1 N–H and O–H groups in total. The second-order valence-corrected chi connectivity index (χ2v) is 4.97. The zero-order valence-electron chi connectivity index (χ0n) is 9.00. The summed E-state index contributed by atoms with van der Waals surface area (Å²) >= 11 is 8.78. The Morgan fingerprint density at radius 3 is 2.39 bits per heavy atom. The Kier molecular flexibility index (Phi) is 4.00. The SMILES string of the molecule is OC(c1cc(F)c(Br)cc1F)c1ccccc1Cl. The van der Waals surface area contributed by atoms with Gasteiger partial charge < -0.3 is 5.11 Å². The Labute approximate surface area is 116 Å². The Morgan fingerprint density at radius 1 is 1.06 bits per heavy atom. The number of aliphatic hydroxyl groups excluding tert-OH is 1. The van der Waals surface area contributed by atoms with Gasteiger partial charge in [-0.3, -0.25) is 0 Å². The molecule has 5 heteroatoms. The van der Waals surface area contributed by atoms with Gasteiger partial charge in [-0.1, -0.05) is 29.8 Å². The second-order valence-electron chi connectivity index (χ2n) is 3.71. The molecule has 0 aliphatic heterocycles. The minimum absolute atomic E-state index is 0.00936. The van der Waals surface area contributed by atoms with Crippen LogP contribution in [0.4, 0.5) is 8.78 Å². The summed E-state index contributed by atoms with van der Waals surface area (Å²) in [7, 11) is 0. The molecular formula is C13H8BrClF2O. The van der Waals surface area contributed by atoms with Gasteiger partial charge in [0.1, 0.15) is 17.7 Å². The molecule has 0 spiro atoms. The first-order chi connectivity index (χ1) is 8.50. The van der Waals surface area contributed by atoms with Crippen molar-refractivity contribution in [1.82, 2.24) is 0 Å². The topological polar surface area (TPSA) is 20.2 Å². The highest BCUT2D eigenvalue weighted by Gasteiger charge is 2.19. The summed E-state index contributed by atoms with van der Waals surface area (Å²) in [6.45, 7) is 0. The quantitative estimate of drug-likeness (QED) is 0.804. The lowest BCUT2D eigenvalue weighted by molar-refractivity contribution is 0.214. The lowest BCUT2D eigenvalue weighted by Gasteiger charge is -2.14. The van der Waals surface area contributed by atoms with Crippen LogP contribution in [-0.4, -0.2) is 5.11 Å². The summed E-state index contributed by atoms with van der Waals surface area (Å²) in [5.74, 6) is -1.34. The van der Waals surface area contributed by atoms with Crippen molar-refractivity contribution in [3.63, 3.8) is 0 Å². The van der Waals surface area contributed by atoms with Crippen molar-refractivity contribution >= 4 is 27.5 Å². The van der Waals surface area contributed by atoms with E-state index in [0.717, 1.165) is 12.1 Å². The molecule has 0 saturated carbocycles. The molecule has 0 bridgehead atoms. The molecule has 18 heavy (non-hydrogen) atoms. The van der Waals surface area contributed by atoms with Crippen LogP contribution in [0.2, 0.25) is 5.02 Å². The van der Waals surface area contributed by atoms with Crippen molar-refractivity contribution in [1.29, 1.82) is 0 Å². The first-order valence-electron chi connectivity index (χ1n) is 5.07. The Morgan fingerprint density at radius 2 is 1.72 bits per heavy atom. The monoisotopic (exact) mass is 332 g/mol. The minimum atomic E-state index is -1.30. The van der Waals surface area contributed by atoms with Crippen LogP contribution in [0.15, 0.2) is 40.9 Å². The van der Waals surface area contributed by atoms with E-state index in [1.807, 2.05) is 0 Å². The standard InChI is InChI=1S/C13H8BrClF2O/c14-9-6-11(16)8(5-12(9)17)13(18)7-3-1-2-4-10(7)15/h1-6,13,18H. The van der Waals surface area contributed by atoms with E-state index in [9.17, 15) is 13.9 Å². The number of halogens is 4. The second kappa shape index (κ2) is 5.34. The molecule has 94 valence electrons. The first-order valence-corrected chi connectivity index (χ1v) is 6.24. The summed E-state index contributed by atoms with van der Waals surface area (Å²) in [5, 5.41) is 10.4. The van der Waals surface area contributed by atoms with Gasteiger partial charge in [0.25, 0.3) is 0 Å². The van der Waals surface area contributed by atoms with Gasteiger partial charge in [-0.05, 0) is 34.1 Å². The van der Waals surface area contributed by atoms with Crippen LogP contribution in [-0.2, 0) is 0 Å². The molecule has 0 aliphatic carbocycles. The van der Waals surface area contributed by atoms with Gasteiger partial charge in [0.05, 0.1) is 4.47 Å². The largest absolute Gasteiger partial charge is 0.383 e. The van der Waals surface area contributed by atoms with E-state index in [2.05, 4.69) is 15.9 Å². The third-order valence-electron chi connectivity index (χ3n) is 2.53. The highest BCUT2D eigenvalue weighted by Crippen LogP contribution is 2.31. The summed E-state index contributed by atoms with van der Waals surface area (Å²) in [4.78, 5) is 0. The summed E-state index contributed by atoms with van der Waals surface area (Å²) in [6, 6.07) is 8.42. The van der Waals surface area contributed by atoms with Crippen LogP contribution < -0.4 is 0 Å². The smallest absolute Gasteiger partial charge is 0.137 e. The fourth-order valence-corrected chi connectivity index (χ4v) is 2.17. The van der Waals surface area contributed by atoms with Crippen molar-refractivity contribution in [2.45, 2.75) is 6.10 Å². The van der Waals surface area contributed by atoms with Crippen LogP contribution in [0, 0.1) is 11.6 Å². The molecule has 1 unspecified atom stereocenters. The van der Waals surface area contributed by atoms with Gasteiger partial charge in [-0.25, -0.2) is 8.78 Å². The fraction of sp³-hybridized carbons (Fsp3) is 0.0769. The molecule has 0 amide bonds. The normalized spacial score (nSPS) is 12.5. The van der Waals surface area contributed by atoms with Gasteiger partial charge in [0.15, 0.2) is 0 Å². The Bertz CT molecular complexity index is 589. The molecule has 2 rings (SSSR count). The Hall–Kier alpha value is -0.970. The van der Waals surface area contributed by atoms with Gasteiger partial charge in [-0.2, -0.15) is 0 Å². The third kappa shape index (κ3) is 2.55. The number of rotatable bonds is 2. The van der Waals surface area contributed by atoms with E-state index >= 15 is 0 Å². The maximum absolute atomic E-state index is 13.7. The Balaban J connectivity index is 2.50. The summed E-state index contributed by atoms with van der Waals surface area (Å²) in [6.07, 6.45) is -1.30. The van der Waals surface area contributed by atoms with Crippen molar-refractivity contribution in [2.24, 2.45) is 0 Å². The molecule has 2 aromatic rings. The van der Waals surface area contributed by atoms with Crippen molar-refractivity contribution in [2.75, 3.05) is 0 Å². The van der Waals surface area contributed by atoms with Crippen LogP contribution >= 0.6 is 27.5 Å². The number of aliphatic hydroxyl groups is 1. The molecule has 0 saturated heterocycles. The number of benzene rings is 2. The molecule has 0 aliphatic rings. The van der Waals surface area contributed by atoms with Crippen LogP contribution in [0.3, 0.4) is 0 Å². The third-order valence-corrected chi connectivity index (χ3v) is 3.49. The zero-order chi connectivity index (χ0) is 13.3. The van der Waals surface area contributed by atoms with E-state index in [-0.39, 0.29) is 10.0 Å². The molecule has 1 nitrogen and oxygen atoms in total. The van der Waals surface area contributed by atoms with Gasteiger partial charge in [0, 0.05) is 16.1 Å². The predicted molar refractivity (Wildman–Crippen MR) is 69.6 cm³/mol. The van der Waals surface area contributed by atoms with Gasteiger partial charge in [-0.15, -0.1) is 0 Å². The molecular weight excluding hydrogens is 325 g/mol.